The first-order valence-electron chi connectivity index (χ1n) is 6.17. The molecular formula is C15H14O5. The second kappa shape index (κ2) is 5.69. The fraction of sp³-hybridized carbons (Fsp3) is 0.267. The van der Waals surface area contributed by atoms with Crippen molar-refractivity contribution in [3.8, 4) is 11.5 Å². The maximum absolute atomic E-state index is 11.9. The van der Waals surface area contributed by atoms with E-state index < -0.39 is 11.7 Å². The van der Waals surface area contributed by atoms with Crippen molar-refractivity contribution in [2.45, 2.75) is 12.8 Å². The standard InChI is InChI=1S/C15H14O5/c1-20-14-8-9(2-4-10(14)16)3-5-11(17)15-12(18)6-7-13(15)19/h2-5,8,15-16H,6-7H2,1H3. The summed E-state index contributed by atoms with van der Waals surface area (Å²) in [5.41, 5.74) is 0.630. The number of aromatic hydroxyl groups is 1. The normalized spacial score (nSPS) is 16.1. The van der Waals surface area contributed by atoms with Crippen molar-refractivity contribution in [1.29, 1.82) is 0 Å². The molecule has 0 spiro atoms. The number of ether oxygens (including phenoxy) is 1. The van der Waals surface area contributed by atoms with Crippen molar-refractivity contribution in [1.82, 2.24) is 0 Å². The maximum Gasteiger partial charge on any atom is 0.173 e. The molecule has 1 aromatic rings. The van der Waals surface area contributed by atoms with Crippen LogP contribution >= 0.6 is 0 Å². The summed E-state index contributed by atoms with van der Waals surface area (Å²) in [5, 5.41) is 9.45. The predicted molar refractivity (Wildman–Crippen MR) is 71.4 cm³/mol. The lowest BCUT2D eigenvalue weighted by Crippen LogP contribution is -2.23. The fourth-order valence-corrected chi connectivity index (χ4v) is 2.10. The van der Waals surface area contributed by atoms with Gasteiger partial charge in [0.15, 0.2) is 28.8 Å². The molecule has 0 aromatic heterocycles. The minimum Gasteiger partial charge on any atom is -0.504 e. The highest BCUT2D eigenvalue weighted by Crippen LogP contribution is 2.27. The second-order valence-corrected chi connectivity index (χ2v) is 4.53. The summed E-state index contributed by atoms with van der Waals surface area (Å²) in [6.45, 7) is 0. The third kappa shape index (κ3) is 2.77. The van der Waals surface area contributed by atoms with E-state index in [1.165, 1.54) is 25.3 Å². The molecule has 0 heterocycles. The summed E-state index contributed by atoms with van der Waals surface area (Å²) in [7, 11) is 1.42. The monoisotopic (exact) mass is 274 g/mol. The summed E-state index contributed by atoms with van der Waals surface area (Å²) in [6, 6.07) is 4.59. The van der Waals surface area contributed by atoms with Gasteiger partial charge in [-0.05, 0) is 23.8 Å². The molecule has 0 aliphatic heterocycles. The smallest absolute Gasteiger partial charge is 0.173 e. The highest BCUT2D eigenvalue weighted by Gasteiger charge is 2.37. The van der Waals surface area contributed by atoms with E-state index >= 15 is 0 Å². The van der Waals surface area contributed by atoms with Crippen LogP contribution in [0, 0.1) is 5.92 Å². The summed E-state index contributed by atoms with van der Waals surface area (Å²) >= 11 is 0. The number of methoxy groups -OCH3 is 1. The molecule has 0 atom stereocenters. The topological polar surface area (TPSA) is 80.7 Å². The quantitative estimate of drug-likeness (QED) is 0.665. The van der Waals surface area contributed by atoms with Gasteiger partial charge in [-0.3, -0.25) is 14.4 Å². The Labute approximate surface area is 115 Å². The molecule has 104 valence electrons. The summed E-state index contributed by atoms with van der Waals surface area (Å²) in [6.07, 6.45) is 3.01. The number of hydrogen-bond acceptors (Lipinski definition) is 5. The Bertz CT molecular complexity index is 584. The van der Waals surface area contributed by atoms with E-state index in [-0.39, 0.29) is 35.9 Å². The van der Waals surface area contributed by atoms with E-state index in [2.05, 4.69) is 0 Å². The minimum atomic E-state index is -1.13. The number of carbonyl (C=O) groups is 3. The Morgan fingerprint density at radius 1 is 1.30 bits per heavy atom. The van der Waals surface area contributed by atoms with Gasteiger partial charge in [-0.1, -0.05) is 12.1 Å². The molecule has 5 nitrogen and oxygen atoms in total. The molecule has 0 amide bonds. The fourth-order valence-electron chi connectivity index (χ4n) is 2.10. The van der Waals surface area contributed by atoms with E-state index in [0.717, 1.165) is 0 Å². The molecule has 20 heavy (non-hydrogen) atoms. The molecule has 1 aliphatic rings. The number of allylic oxidation sites excluding steroid dienone is 1. The Hall–Kier alpha value is -2.43. The van der Waals surface area contributed by atoms with E-state index in [1.807, 2.05) is 0 Å². The van der Waals surface area contributed by atoms with Crippen molar-refractivity contribution in [3.05, 3.63) is 29.8 Å². The Kier molecular flexibility index (Phi) is 3.98. The van der Waals surface area contributed by atoms with Crippen LogP contribution in [0.1, 0.15) is 18.4 Å². The number of phenolic OH excluding ortho intramolecular Hbond substituents is 1. The lowest BCUT2D eigenvalue weighted by atomic mass is 9.99. The first kappa shape index (κ1) is 14.0. The van der Waals surface area contributed by atoms with Gasteiger partial charge in [0.25, 0.3) is 0 Å². The van der Waals surface area contributed by atoms with Crippen LogP contribution in [0.4, 0.5) is 0 Å². The lowest BCUT2D eigenvalue weighted by molar-refractivity contribution is -0.133. The number of hydrogen-bond donors (Lipinski definition) is 1. The first-order chi connectivity index (χ1) is 9.52. The molecule has 0 unspecified atom stereocenters. The highest BCUT2D eigenvalue weighted by atomic mass is 16.5. The van der Waals surface area contributed by atoms with E-state index in [0.29, 0.717) is 5.56 Å². The van der Waals surface area contributed by atoms with Crippen molar-refractivity contribution in [2.75, 3.05) is 7.11 Å². The number of rotatable bonds is 4. The molecule has 1 saturated carbocycles. The van der Waals surface area contributed by atoms with Crippen molar-refractivity contribution in [3.63, 3.8) is 0 Å². The molecule has 1 fully saturated rings. The van der Waals surface area contributed by atoms with Gasteiger partial charge in [0.1, 0.15) is 5.92 Å². The number of ketones is 3. The van der Waals surface area contributed by atoms with Gasteiger partial charge in [0, 0.05) is 12.8 Å². The van der Waals surface area contributed by atoms with Crippen LogP contribution in [0.15, 0.2) is 24.3 Å². The second-order valence-electron chi connectivity index (χ2n) is 4.53. The Balaban J connectivity index is 2.15. The Morgan fingerprint density at radius 3 is 2.55 bits per heavy atom. The summed E-state index contributed by atoms with van der Waals surface area (Å²) in [4.78, 5) is 34.8. The molecular weight excluding hydrogens is 260 g/mol. The molecule has 1 aliphatic carbocycles. The SMILES string of the molecule is COc1cc(C=CC(=O)C2C(=O)CCC2=O)ccc1O. The molecule has 1 aromatic carbocycles. The van der Waals surface area contributed by atoms with Gasteiger partial charge >= 0.3 is 0 Å². The lowest BCUT2D eigenvalue weighted by Gasteiger charge is -2.04. The van der Waals surface area contributed by atoms with Gasteiger partial charge in [0.2, 0.25) is 0 Å². The zero-order chi connectivity index (χ0) is 14.7. The van der Waals surface area contributed by atoms with Crippen molar-refractivity contribution < 1.29 is 24.2 Å². The van der Waals surface area contributed by atoms with Gasteiger partial charge in [-0.25, -0.2) is 0 Å². The third-order valence-corrected chi connectivity index (χ3v) is 3.19. The van der Waals surface area contributed by atoms with Crippen LogP contribution in [-0.4, -0.2) is 29.6 Å². The van der Waals surface area contributed by atoms with Gasteiger partial charge in [-0.15, -0.1) is 0 Å². The zero-order valence-electron chi connectivity index (χ0n) is 11.0. The van der Waals surface area contributed by atoms with E-state index in [1.54, 1.807) is 12.1 Å². The molecule has 2 rings (SSSR count). The van der Waals surface area contributed by atoms with Gasteiger partial charge < -0.3 is 9.84 Å². The van der Waals surface area contributed by atoms with Crippen LogP contribution in [-0.2, 0) is 14.4 Å². The largest absolute Gasteiger partial charge is 0.504 e. The number of benzene rings is 1. The average Bonchev–Trinajstić information content (AvgIpc) is 2.77. The van der Waals surface area contributed by atoms with Crippen LogP contribution in [0.5, 0.6) is 11.5 Å². The molecule has 1 N–H and O–H groups in total. The Morgan fingerprint density at radius 2 is 1.95 bits per heavy atom. The number of Topliss-reactive ketones (excluding diaryl/α,β-unsaturated/α-hetero) is 2. The molecule has 5 heteroatoms. The number of phenols is 1. The van der Waals surface area contributed by atoms with Crippen molar-refractivity contribution >= 4 is 23.4 Å². The van der Waals surface area contributed by atoms with Crippen LogP contribution in [0.25, 0.3) is 6.08 Å². The van der Waals surface area contributed by atoms with Crippen LogP contribution in [0.2, 0.25) is 0 Å². The van der Waals surface area contributed by atoms with Crippen LogP contribution < -0.4 is 4.74 Å². The van der Waals surface area contributed by atoms with Crippen LogP contribution in [0.3, 0.4) is 0 Å². The first-order valence-corrected chi connectivity index (χ1v) is 6.17. The van der Waals surface area contributed by atoms with Gasteiger partial charge in [0.05, 0.1) is 7.11 Å². The maximum atomic E-state index is 11.9. The average molecular weight is 274 g/mol. The summed E-state index contributed by atoms with van der Waals surface area (Å²) < 4.78 is 4.95. The predicted octanol–water partition coefficient (Wildman–Crippen LogP) is 1.53. The summed E-state index contributed by atoms with van der Waals surface area (Å²) in [5.74, 6) is -1.97. The third-order valence-electron chi connectivity index (χ3n) is 3.19. The molecule has 0 saturated heterocycles. The van der Waals surface area contributed by atoms with Gasteiger partial charge in [-0.2, -0.15) is 0 Å². The van der Waals surface area contributed by atoms with Crippen molar-refractivity contribution in [2.24, 2.45) is 5.92 Å². The zero-order valence-corrected chi connectivity index (χ0v) is 11.0. The van der Waals surface area contributed by atoms with E-state index in [9.17, 15) is 19.5 Å². The van der Waals surface area contributed by atoms with E-state index in [4.69, 9.17) is 4.74 Å². The highest BCUT2D eigenvalue weighted by molar-refractivity contribution is 6.26. The number of carbonyl (C=O) groups excluding carboxylic acids is 3. The molecule has 0 radical (unpaired) electrons. The minimum absolute atomic E-state index is 0.00266. The molecule has 0 bridgehead atoms.